The van der Waals surface area contributed by atoms with Gasteiger partial charge in [0.2, 0.25) is 0 Å². The molecule has 2 aromatic heterocycles. The summed E-state index contributed by atoms with van der Waals surface area (Å²) in [5.74, 6) is 0. The van der Waals surface area contributed by atoms with Crippen LogP contribution in [0.25, 0.3) is 11.0 Å². The molecule has 0 saturated carbocycles. The molecule has 0 radical (unpaired) electrons. The van der Waals surface area contributed by atoms with E-state index < -0.39 is 0 Å². The lowest BCUT2D eigenvalue weighted by Crippen LogP contribution is -1.89. The van der Waals surface area contributed by atoms with E-state index in [4.69, 9.17) is 5.26 Å². The molecule has 12 heavy (non-hydrogen) atoms. The summed E-state index contributed by atoms with van der Waals surface area (Å²) in [6.07, 6.45) is 2.98. The van der Waals surface area contributed by atoms with Crippen LogP contribution in [-0.2, 0) is 0 Å². The van der Waals surface area contributed by atoms with Crippen molar-refractivity contribution >= 4 is 11.0 Å². The number of hydrogen-bond acceptors (Lipinski definition) is 4. The SMILES string of the molecule is N#Cc1ncnc2ncccc12. The molecular formula is C8H4N4. The largest absolute Gasteiger partial charge is 0.236 e. The Balaban J connectivity index is 2.91. The van der Waals surface area contributed by atoms with E-state index in [0.717, 1.165) is 0 Å². The van der Waals surface area contributed by atoms with Crippen LogP contribution in [0.4, 0.5) is 0 Å². The Morgan fingerprint density at radius 3 is 3.00 bits per heavy atom. The van der Waals surface area contributed by atoms with Crippen LogP contribution in [0.2, 0.25) is 0 Å². The van der Waals surface area contributed by atoms with Gasteiger partial charge in [0, 0.05) is 6.20 Å². The molecule has 2 rings (SSSR count). The Hall–Kier alpha value is -2.02. The zero-order chi connectivity index (χ0) is 8.39. The highest BCUT2D eigenvalue weighted by molar-refractivity contribution is 5.78. The summed E-state index contributed by atoms with van der Waals surface area (Å²) in [5.41, 5.74) is 0.928. The van der Waals surface area contributed by atoms with Crippen molar-refractivity contribution in [2.24, 2.45) is 0 Å². The van der Waals surface area contributed by atoms with Gasteiger partial charge in [0.25, 0.3) is 0 Å². The first-order chi connectivity index (χ1) is 5.92. The van der Waals surface area contributed by atoms with Crippen molar-refractivity contribution in [1.29, 1.82) is 5.26 Å². The standard InChI is InChI=1S/C8H4N4/c9-4-7-6-2-1-3-10-8(6)12-5-11-7/h1-3,5H. The van der Waals surface area contributed by atoms with E-state index >= 15 is 0 Å². The summed E-state index contributed by atoms with van der Waals surface area (Å²) in [6.45, 7) is 0. The highest BCUT2D eigenvalue weighted by Gasteiger charge is 2.00. The Bertz CT molecular complexity index is 453. The van der Waals surface area contributed by atoms with Crippen LogP contribution in [0.1, 0.15) is 5.69 Å². The first kappa shape index (κ1) is 6.68. The number of rotatable bonds is 0. The molecule has 0 aliphatic carbocycles. The minimum absolute atomic E-state index is 0.369. The van der Waals surface area contributed by atoms with Crippen LogP contribution in [0.3, 0.4) is 0 Å². The van der Waals surface area contributed by atoms with Gasteiger partial charge in [-0.3, -0.25) is 0 Å². The lowest BCUT2D eigenvalue weighted by Gasteiger charge is -1.94. The Morgan fingerprint density at radius 2 is 2.17 bits per heavy atom. The molecular weight excluding hydrogens is 152 g/mol. The van der Waals surface area contributed by atoms with Crippen molar-refractivity contribution in [3.63, 3.8) is 0 Å². The summed E-state index contributed by atoms with van der Waals surface area (Å²) in [4.78, 5) is 11.7. The molecule has 56 valence electrons. The third kappa shape index (κ3) is 0.883. The van der Waals surface area contributed by atoms with Gasteiger partial charge >= 0.3 is 0 Å². The van der Waals surface area contributed by atoms with Gasteiger partial charge in [-0.25, -0.2) is 15.0 Å². The molecule has 0 atom stereocenters. The highest BCUT2D eigenvalue weighted by atomic mass is 14.9. The molecule has 0 aromatic carbocycles. The highest BCUT2D eigenvalue weighted by Crippen LogP contribution is 2.09. The van der Waals surface area contributed by atoms with Gasteiger partial charge in [0.15, 0.2) is 11.3 Å². The predicted octanol–water partition coefficient (Wildman–Crippen LogP) is 0.896. The Kier molecular flexibility index (Phi) is 1.42. The number of nitrogens with zero attached hydrogens (tertiary/aromatic N) is 4. The fraction of sp³-hybridized carbons (Fsp3) is 0. The van der Waals surface area contributed by atoms with Gasteiger partial charge in [-0.1, -0.05) is 0 Å². The molecule has 2 heterocycles. The fourth-order valence-corrected chi connectivity index (χ4v) is 0.985. The summed E-state index contributed by atoms with van der Waals surface area (Å²) in [5, 5.41) is 9.36. The Morgan fingerprint density at radius 1 is 1.25 bits per heavy atom. The minimum atomic E-state index is 0.369. The van der Waals surface area contributed by atoms with Crippen molar-refractivity contribution in [3.05, 3.63) is 30.4 Å². The van der Waals surface area contributed by atoms with Crippen molar-refractivity contribution in [3.8, 4) is 6.07 Å². The van der Waals surface area contributed by atoms with Crippen LogP contribution in [0, 0.1) is 11.3 Å². The van der Waals surface area contributed by atoms with E-state index in [1.54, 1.807) is 18.3 Å². The van der Waals surface area contributed by atoms with Gasteiger partial charge in [0.05, 0.1) is 5.39 Å². The van der Waals surface area contributed by atoms with E-state index in [9.17, 15) is 0 Å². The number of hydrogen-bond donors (Lipinski definition) is 0. The lowest BCUT2D eigenvalue weighted by atomic mass is 10.2. The molecule has 4 heteroatoms. The maximum Gasteiger partial charge on any atom is 0.163 e. The summed E-state index contributed by atoms with van der Waals surface area (Å²) in [6, 6.07) is 5.51. The summed E-state index contributed by atoms with van der Waals surface area (Å²) >= 11 is 0. The minimum Gasteiger partial charge on any atom is -0.236 e. The van der Waals surface area contributed by atoms with Crippen molar-refractivity contribution in [1.82, 2.24) is 15.0 Å². The van der Waals surface area contributed by atoms with E-state index in [0.29, 0.717) is 16.7 Å². The first-order valence-corrected chi connectivity index (χ1v) is 3.37. The van der Waals surface area contributed by atoms with E-state index in [1.807, 2.05) is 6.07 Å². The zero-order valence-electron chi connectivity index (χ0n) is 6.10. The fourth-order valence-electron chi connectivity index (χ4n) is 0.985. The van der Waals surface area contributed by atoms with Crippen LogP contribution >= 0.6 is 0 Å². The molecule has 0 amide bonds. The van der Waals surface area contributed by atoms with Crippen LogP contribution < -0.4 is 0 Å². The number of nitriles is 1. The average molecular weight is 156 g/mol. The number of fused-ring (bicyclic) bond motifs is 1. The third-order valence-electron chi connectivity index (χ3n) is 1.51. The first-order valence-electron chi connectivity index (χ1n) is 3.37. The monoisotopic (exact) mass is 156 g/mol. The molecule has 0 bridgehead atoms. The molecule has 0 fully saturated rings. The van der Waals surface area contributed by atoms with Gasteiger partial charge in [-0.05, 0) is 12.1 Å². The predicted molar refractivity (Wildman–Crippen MR) is 42.0 cm³/mol. The van der Waals surface area contributed by atoms with Crippen molar-refractivity contribution < 1.29 is 0 Å². The van der Waals surface area contributed by atoms with Crippen molar-refractivity contribution in [2.45, 2.75) is 0 Å². The van der Waals surface area contributed by atoms with Crippen LogP contribution in [0.15, 0.2) is 24.7 Å². The second kappa shape index (κ2) is 2.55. The van der Waals surface area contributed by atoms with E-state index in [-0.39, 0.29) is 0 Å². The second-order valence-corrected chi connectivity index (χ2v) is 2.21. The van der Waals surface area contributed by atoms with E-state index in [1.165, 1.54) is 6.33 Å². The molecule has 2 aromatic rings. The van der Waals surface area contributed by atoms with Gasteiger partial charge in [-0.15, -0.1) is 0 Å². The lowest BCUT2D eigenvalue weighted by molar-refractivity contribution is 1.16. The number of aromatic nitrogens is 3. The summed E-state index contributed by atoms with van der Waals surface area (Å²) in [7, 11) is 0. The summed E-state index contributed by atoms with van der Waals surface area (Å²) < 4.78 is 0. The molecule has 0 aliphatic rings. The molecule has 0 spiro atoms. The van der Waals surface area contributed by atoms with Gasteiger partial charge < -0.3 is 0 Å². The quantitative estimate of drug-likeness (QED) is 0.568. The molecule has 0 N–H and O–H groups in total. The molecule has 0 saturated heterocycles. The maximum atomic E-state index is 8.67. The van der Waals surface area contributed by atoms with E-state index in [2.05, 4.69) is 15.0 Å². The second-order valence-electron chi connectivity index (χ2n) is 2.21. The Labute approximate surface area is 68.5 Å². The smallest absolute Gasteiger partial charge is 0.163 e. The average Bonchev–Trinajstić information content (AvgIpc) is 2.17. The van der Waals surface area contributed by atoms with Crippen LogP contribution in [0.5, 0.6) is 0 Å². The zero-order valence-corrected chi connectivity index (χ0v) is 6.10. The molecule has 0 aliphatic heterocycles. The van der Waals surface area contributed by atoms with Crippen molar-refractivity contribution in [2.75, 3.05) is 0 Å². The van der Waals surface area contributed by atoms with Crippen LogP contribution in [-0.4, -0.2) is 15.0 Å². The normalized spacial score (nSPS) is 9.58. The molecule has 4 nitrogen and oxygen atoms in total. The molecule has 0 unspecified atom stereocenters. The van der Waals surface area contributed by atoms with Gasteiger partial charge in [0.1, 0.15) is 12.4 Å². The topological polar surface area (TPSA) is 62.5 Å². The third-order valence-corrected chi connectivity index (χ3v) is 1.51. The number of pyridine rings is 1. The van der Waals surface area contributed by atoms with Gasteiger partial charge in [-0.2, -0.15) is 5.26 Å². The maximum absolute atomic E-state index is 8.67.